The maximum atomic E-state index is 12.8. The van der Waals surface area contributed by atoms with Gasteiger partial charge in [-0.2, -0.15) is 0 Å². The van der Waals surface area contributed by atoms with Crippen molar-refractivity contribution in [3.8, 4) is 0 Å². The number of nitro groups is 1. The van der Waals surface area contributed by atoms with Crippen molar-refractivity contribution in [3.63, 3.8) is 0 Å². The van der Waals surface area contributed by atoms with Crippen LogP contribution < -0.4 is 0 Å². The maximum absolute atomic E-state index is 12.8. The minimum Gasteiger partial charge on any atom is -0.481 e. The summed E-state index contributed by atoms with van der Waals surface area (Å²) in [5.41, 5.74) is 0.946. The summed E-state index contributed by atoms with van der Waals surface area (Å²) < 4.78 is 0. The van der Waals surface area contributed by atoms with Gasteiger partial charge in [-0.3, -0.25) is 19.7 Å². The van der Waals surface area contributed by atoms with E-state index in [0.29, 0.717) is 36.0 Å². The average Bonchev–Trinajstić information content (AvgIpc) is 2.96. The summed E-state index contributed by atoms with van der Waals surface area (Å²) in [5, 5.41) is 20.6. The molecule has 2 unspecified atom stereocenters. The van der Waals surface area contributed by atoms with Crippen molar-refractivity contribution in [1.82, 2.24) is 9.88 Å². The Bertz CT molecular complexity index is 828. The van der Waals surface area contributed by atoms with Crippen LogP contribution in [0.15, 0.2) is 24.4 Å². The number of aromatic nitrogens is 1. The highest BCUT2D eigenvalue weighted by Crippen LogP contribution is 2.28. The molecular weight excluding hydrogens is 314 g/mol. The van der Waals surface area contributed by atoms with Gasteiger partial charge in [-0.05, 0) is 18.4 Å². The monoisotopic (exact) mass is 331 g/mol. The first-order valence-electron chi connectivity index (χ1n) is 7.66. The molecule has 1 amide bonds. The van der Waals surface area contributed by atoms with E-state index in [1.807, 2.05) is 6.92 Å². The molecule has 2 N–H and O–H groups in total. The smallest absolute Gasteiger partial charge is 0.306 e. The van der Waals surface area contributed by atoms with Crippen LogP contribution in [0.5, 0.6) is 0 Å². The predicted octanol–water partition coefficient (Wildman–Crippen LogP) is 2.26. The minimum absolute atomic E-state index is 0.0749. The molecule has 0 aliphatic carbocycles. The van der Waals surface area contributed by atoms with Gasteiger partial charge in [0.2, 0.25) is 0 Å². The first kappa shape index (κ1) is 16.0. The Hall–Kier alpha value is -2.90. The van der Waals surface area contributed by atoms with E-state index in [1.54, 1.807) is 17.2 Å². The number of fused-ring (bicyclic) bond motifs is 1. The van der Waals surface area contributed by atoms with Crippen molar-refractivity contribution in [3.05, 3.63) is 40.1 Å². The molecule has 0 spiro atoms. The van der Waals surface area contributed by atoms with E-state index in [9.17, 15) is 19.7 Å². The Morgan fingerprint density at radius 2 is 2.17 bits per heavy atom. The zero-order chi connectivity index (χ0) is 17.4. The van der Waals surface area contributed by atoms with Crippen LogP contribution in [0, 0.1) is 22.0 Å². The van der Waals surface area contributed by atoms with E-state index in [4.69, 9.17) is 5.11 Å². The van der Waals surface area contributed by atoms with Gasteiger partial charge in [0, 0.05) is 42.3 Å². The number of rotatable bonds is 3. The number of likely N-dealkylation sites (tertiary alicyclic amines) is 1. The second kappa shape index (κ2) is 5.95. The van der Waals surface area contributed by atoms with Crippen LogP contribution in [0.2, 0.25) is 0 Å². The molecular formula is C16H17N3O5. The van der Waals surface area contributed by atoms with Crippen LogP contribution in [-0.4, -0.2) is 44.9 Å². The molecule has 1 saturated heterocycles. The lowest BCUT2D eigenvalue weighted by Crippen LogP contribution is -2.44. The molecule has 1 fully saturated rings. The van der Waals surface area contributed by atoms with Gasteiger partial charge in [-0.15, -0.1) is 0 Å². The molecule has 2 aromatic rings. The number of nitro benzene ring substituents is 1. The van der Waals surface area contributed by atoms with Gasteiger partial charge < -0.3 is 15.0 Å². The number of carbonyl (C=O) groups is 2. The van der Waals surface area contributed by atoms with Crippen LogP contribution in [-0.2, 0) is 4.79 Å². The molecule has 0 bridgehead atoms. The quantitative estimate of drug-likeness (QED) is 0.661. The number of hydrogen-bond acceptors (Lipinski definition) is 4. The first-order chi connectivity index (χ1) is 11.4. The Labute approximate surface area is 137 Å². The van der Waals surface area contributed by atoms with E-state index in [1.165, 1.54) is 12.1 Å². The highest BCUT2D eigenvalue weighted by molar-refractivity contribution is 6.07. The molecule has 24 heavy (non-hydrogen) atoms. The summed E-state index contributed by atoms with van der Waals surface area (Å²) in [5.74, 6) is -1.66. The number of carboxylic acids is 1. The summed E-state index contributed by atoms with van der Waals surface area (Å²) in [6.07, 6.45) is 1.95. The number of piperidine rings is 1. The molecule has 1 aromatic heterocycles. The molecule has 3 rings (SSSR count). The fourth-order valence-corrected chi connectivity index (χ4v) is 3.27. The summed E-state index contributed by atoms with van der Waals surface area (Å²) in [6.45, 7) is 2.54. The zero-order valence-corrected chi connectivity index (χ0v) is 13.1. The van der Waals surface area contributed by atoms with Gasteiger partial charge in [-0.25, -0.2) is 0 Å². The predicted molar refractivity (Wildman–Crippen MR) is 85.8 cm³/mol. The third kappa shape index (κ3) is 2.70. The number of amides is 1. The van der Waals surface area contributed by atoms with Crippen LogP contribution >= 0.6 is 0 Å². The first-order valence-corrected chi connectivity index (χ1v) is 7.66. The average molecular weight is 331 g/mol. The second-order valence-electron chi connectivity index (χ2n) is 6.15. The zero-order valence-electron chi connectivity index (χ0n) is 13.1. The van der Waals surface area contributed by atoms with Crippen molar-refractivity contribution >= 4 is 28.5 Å². The lowest BCUT2D eigenvalue weighted by atomic mass is 9.87. The lowest BCUT2D eigenvalue weighted by Gasteiger charge is -2.34. The van der Waals surface area contributed by atoms with Crippen LogP contribution in [0.1, 0.15) is 23.7 Å². The largest absolute Gasteiger partial charge is 0.481 e. The topological polar surface area (TPSA) is 117 Å². The number of carboxylic acid groups (broad SMARTS) is 1. The van der Waals surface area contributed by atoms with E-state index < -0.39 is 16.8 Å². The maximum Gasteiger partial charge on any atom is 0.306 e. The molecule has 1 aliphatic heterocycles. The van der Waals surface area contributed by atoms with Gasteiger partial charge in [0.1, 0.15) is 0 Å². The van der Waals surface area contributed by atoms with Crippen molar-refractivity contribution in [2.24, 2.45) is 11.8 Å². The molecule has 126 valence electrons. The molecule has 1 aliphatic rings. The fourth-order valence-electron chi connectivity index (χ4n) is 3.27. The van der Waals surface area contributed by atoms with Gasteiger partial charge in [0.15, 0.2) is 0 Å². The van der Waals surface area contributed by atoms with Gasteiger partial charge in [0.05, 0.1) is 16.4 Å². The van der Waals surface area contributed by atoms with Crippen LogP contribution in [0.25, 0.3) is 10.9 Å². The van der Waals surface area contributed by atoms with Crippen LogP contribution in [0.4, 0.5) is 5.69 Å². The summed E-state index contributed by atoms with van der Waals surface area (Å²) in [4.78, 5) is 38.9. The third-order valence-corrected chi connectivity index (χ3v) is 4.62. The third-order valence-electron chi connectivity index (χ3n) is 4.62. The second-order valence-corrected chi connectivity index (χ2v) is 6.15. The number of aliphatic carboxylic acids is 1. The highest BCUT2D eigenvalue weighted by atomic mass is 16.6. The molecule has 2 atom stereocenters. The molecule has 0 radical (unpaired) electrons. The Morgan fingerprint density at radius 3 is 2.79 bits per heavy atom. The van der Waals surface area contributed by atoms with E-state index in [-0.39, 0.29) is 17.5 Å². The summed E-state index contributed by atoms with van der Waals surface area (Å²) >= 11 is 0. The Balaban J connectivity index is 1.88. The fraction of sp³-hybridized carbons (Fsp3) is 0.375. The van der Waals surface area contributed by atoms with Crippen molar-refractivity contribution in [2.45, 2.75) is 13.3 Å². The Kier molecular flexibility index (Phi) is 3.96. The van der Waals surface area contributed by atoms with Gasteiger partial charge in [0.25, 0.3) is 11.6 Å². The number of nitrogens with one attached hydrogen (secondary N) is 1. The van der Waals surface area contributed by atoms with E-state index in [0.717, 1.165) is 0 Å². The molecule has 2 heterocycles. The highest BCUT2D eigenvalue weighted by Gasteiger charge is 2.33. The molecule has 1 aromatic carbocycles. The number of hydrogen-bond donors (Lipinski definition) is 2. The molecule has 0 saturated carbocycles. The number of carbonyl (C=O) groups excluding carboxylic acids is 1. The SMILES string of the molecule is CC1CN(C(=O)c2c[nH]c3ccc([N+](=O)[O-])cc23)CCC1C(=O)O. The summed E-state index contributed by atoms with van der Waals surface area (Å²) in [7, 11) is 0. The van der Waals surface area contributed by atoms with Gasteiger partial charge >= 0.3 is 5.97 Å². The Morgan fingerprint density at radius 1 is 1.42 bits per heavy atom. The standard InChI is InChI=1S/C16H17N3O5/c1-9-8-18(5-4-11(9)16(21)22)15(20)13-7-17-14-3-2-10(19(23)24)6-12(13)14/h2-3,6-7,9,11,17H,4-5,8H2,1H3,(H,21,22). The normalized spacial score (nSPS) is 21.0. The number of non-ortho nitro benzene ring substituents is 1. The number of benzene rings is 1. The van der Waals surface area contributed by atoms with Crippen LogP contribution in [0.3, 0.4) is 0 Å². The molecule has 8 heteroatoms. The minimum atomic E-state index is -0.836. The lowest BCUT2D eigenvalue weighted by molar-refractivity contribution is -0.384. The van der Waals surface area contributed by atoms with E-state index >= 15 is 0 Å². The van der Waals surface area contributed by atoms with Crippen molar-refractivity contribution < 1.29 is 19.6 Å². The van der Waals surface area contributed by atoms with Crippen molar-refractivity contribution in [1.29, 1.82) is 0 Å². The number of aromatic amines is 1. The van der Waals surface area contributed by atoms with E-state index in [2.05, 4.69) is 4.98 Å². The number of H-pyrrole nitrogens is 1. The number of nitrogens with zero attached hydrogens (tertiary/aromatic N) is 2. The van der Waals surface area contributed by atoms with Crippen molar-refractivity contribution in [2.75, 3.05) is 13.1 Å². The summed E-state index contributed by atoms with van der Waals surface area (Å²) in [6, 6.07) is 4.34. The van der Waals surface area contributed by atoms with Gasteiger partial charge in [-0.1, -0.05) is 6.92 Å². The molecule has 8 nitrogen and oxygen atoms in total.